The van der Waals surface area contributed by atoms with Gasteiger partial charge in [0.15, 0.2) is 11.5 Å². The number of nitrogens with zero attached hydrogens (tertiary/aromatic N) is 2. The summed E-state index contributed by atoms with van der Waals surface area (Å²) < 4.78 is 18.5. The van der Waals surface area contributed by atoms with Crippen LogP contribution in [0, 0.1) is 13.8 Å². The number of aliphatic hydroxyl groups excluding tert-OH is 1. The fourth-order valence-corrected chi connectivity index (χ4v) is 4.01. The van der Waals surface area contributed by atoms with Gasteiger partial charge < -0.3 is 23.9 Å². The summed E-state index contributed by atoms with van der Waals surface area (Å²) in [4.78, 5) is 2.12. The van der Waals surface area contributed by atoms with Gasteiger partial charge in [0.25, 0.3) is 0 Å². The van der Waals surface area contributed by atoms with E-state index in [1.165, 1.54) is 22.2 Å². The average molecular weight is 427 g/mol. The highest BCUT2D eigenvalue weighted by atomic mass is 16.5. The van der Waals surface area contributed by atoms with Crippen molar-refractivity contribution in [3.63, 3.8) is 0 Å². The Hall–Kier alpha value is -2.54. The van der Waals surface area contributed by atoms with Gasteiger partial charge in [-0.3, -0.25) is 4.90 Å². The SMILES string of the molecule is COCCOc1cc(CN(C)C[C@@H](O)Cn2c(C)c(C)c3ccccc32)ccc1OC. The van der Waals surface area contributed by atoms with Crippen molar-refractivity contribution in [2.75, 3.05) is 41.0 Å². The Morgan fingerprint density at radius 3 is 2.55 bits per heavy atom. The number of fused-ring (bicyclic) bond motifs is 1. The zero-order valence-electron chi connectivity index (χ0n) is 19.2. The molecule has 1 N–H and O–H groups in total. The standard InChI is InChI=1S/C25H34N2O4/c1-18-19(2)27(23-9-7-6-8-22(18)23)17-21(28)16-26(3)15-20-10-11-24(30-5)25(14-20)31-13-12-29-4/h6-11,14,21,28H,12-13,15-17H2,1-5H3/t21-/m1/s1. The lowest BCUT2D eigenvalue weighted by Crippen LogP contribution is -2.32. The van der Waals surface area contributed by atoms with Crippen molar-refractivity contribution in [1.29, 1.82) is 0 Å². The number of aliphatic hydroxyl groups is 1. The zero-order valence-corrected chi connectivity index (χ0v) is 19.2. The second-order valence-corrected chi connectivity index (χ2v) is 8.02. The van der Waals surface area contributed by atoms with Gasteiger partial charge in [0.1, 0.15) is 6.61 Å². The molecule has 168 valence electrons. The van der Waals surface area contributed by atoms with Crippen molar-refractivity contribution in [3.8, 4) is 11.5 Å². The quantitative estimate of drug-likeness (QED) is 0.473. The van der Waals surface area contributed by atoms with E-state index in [2.05, 4.69) is 41.5 Å². The molecule has 2 aromatic carbocycles. The van der Waals surface area contributed by atoms with E-state index in [0.717, 1.165) is 5.56 Å². The third kappa shape index (κ3) is 5.58. The number of benzene rings is 2. The summed E-state index contributed by atoms with van der Waals surface area (Å²) in [6, 6.07) is 14.3. The van der Waals surface area contributed by atoms with Gasteiger partial charge in [0, 0.05) is 36.8 Å². The molecule has 1 aromatic heterocycles. The number of hydrogen-bond donors (Lipinski definition) is 1. The van der Waals surface area contributed by atoms with Crippen LogP contribution in [0.25, 0.3) is 10.9 Å². The molecule has 0 unspecified atom stereocenters. The number of rotatable bonds is 11. The van der Waals surface area contributed by atoms with Gasteiger partial charge >= 0.3 is 0 Å². The summed E-state index contributed by atoms with van der Waals surface area (Å²) in [7, 11) is 5.30. The van der Waals surface area contributed by atoms with Crippen LogP contribution in [0.5, 0.6) is 11.5 Å². The number of likely N-dealkylation sites (N-methyl/N-ethyl adjacent to an activating group) is 1. The molecule has 0 amide bonds. The zero-order chi connectivity index (χ0) is 22.4. The van der Waals surface area contributed by atoms with Gasteiger partial charge in [-0.2, -0.15) is 0 Å². The third-order valence-corrected chi connectivity index (χ3v) is 5.69. The number of aromatic nitrogens is 1. The molecular weight excluding hydrogens is 392 g/mol. The van der Waals surface area contributed by atoms with Crippen molar-refractivity contribution in [3.05, 3.63) is 59.3 Å². The second-order valence-electron chi connectivity index (χ2n) is 8.02. The monoisotopic (exact) mass is 426 g/mol. The van der Waals surface area contributed by atoms with E-state index in [4.69, 9.17) is 14.2 Å². The normalized spacial score (nSPS) is 12.5. The van der Waals surface area contributed by atoms with Crippen molar-refractivity contribution in [2.45, 2.75) is 33.0 Å². The van der Waals surface area contributed by atoms with Gasteiger partial charge in [0.2, 0.25) is 0 Å². The molecule has 0 spiro atoms. The maximum Gasteiger partial charge on any atom is 0.161 e. The Morgan fingerprint density at radius 1 is 1.03 bits per heavy atom. The number of aryl methyl sites for hydroxylation is 1. The maximum absolute atomic E-state index is 10.8. The summed E-state index contributed by atoms with van der Waals surface area (Å²) in [6.45, 7) is 7.08. The molecule has 0 saturated carbocycles. The topological polar surface area (TPSA) is 56.1 Å². The molecule has 3 rings (SSSR count). The Morgan fingerprint density at radius 2 is 1.81 bits per heavy atom. The lowest BCUT2D eigenvalue weighted by atomic mass is 10.2. The third-order valence-electron chi connectivity index (χ3n) is 5.69. The highest BCUT2D eigenvalue weighted by Crippen LogP contribution is 2.29. The molecule has 6 heteroatoms. The molecule has 0 aliphatic rings. The molecule has 0 fully saturated rings. The largest absolute Gasteiger partial charge is 0.493 e. The predicted octanol–water partition coefficient (Wildman–Crippen LogP) is 3.78. The van der Waals surface area contributed by atoms with Crippen LogP contribution in [0.3, 0.4) is 0 Å². The summed E-state index contributed by atoms with van der Waals surface area (Å²) in [5.41, 5.74) is 4.75. The van der Waals surface area contributed by atoms with Crippen LogP contribution in [0.15, 0.2) is 42.5 Å². The lowest BCUT2D eigenvalue weighted by molar-refractivity contribution is 0.107. The van der Waals surface area contributed by atoms with Crippen LogP contribution in [0.2, 0.25) is 0 Å². The van der Waals surface area contributed by atoms with Crippen LogP contribution in [0.1, 0.15) is 16.8 Å². The molecular formula is C25H34N2O4. The first-order valence-electron chi connectivity index (χ1n) is 10.6. The minimum absolute atomic E-state index is 0.467. The van der Waals surface area contributed by atoms with E-state index in [9.17, 15) is 5.11 Å². The summed E-state index contributed by atoms with van der Waals surface area (Å²) in [6.07, 6.45) is -0.477. The molecule has 0 aliphatic heterocycles. The van der Waals surface area contributed by atoms with E-state index >= 15 is 0 Å². The highest BCUT2D eigenvalue weighted by Gasteiger charge is 2.16. The Balaban J connectivity index is 1.64. The highest BCUT2D eigenvalue weighted by molar-refractivity contribution is 5.85. The number of ether oxygens (including phenoxy) is 3. The minimum Gasteiger partial charge on any atom is -0.493 e. The fraction of sp³-hybridized carbons (Fsp3) is 0.440. The molecule has 0 saturated heterocycles. The van der Waals surface area contributed by atoms with Gasteiger partial charge in [-0.05, 0) is 50.2 Å². The van der Waals surface area contributed by atoms with Gasteiger partial charge in [0.05, 0.1) is 26.4 Å². The van der Waals surface area contributed by atoms with E-state index in [-0.39, 0.29) is 0 Å². The van der Waals surface area contributed by atoms with Crippen LogP contribution in [-0.4, -0.2) is 61.7 Å². The summed E-state index contributed by atoms with van der Waals surface area (Å²) >= 11 is 0. The molecule has 6 nitrogen and oxygen atoms in total. The molecule has 0 radical (unpaired) electrons. The van der Waals surface area contributed by atoms with Gasteiger partial charge in [-0.1, -0.05) is 24.3 Å². The predicted molar refractivity (Wildman–Crippen MR) is 124 cm³/mol. The first-order chi connectivity index (χ1) is 14.9. The summed E-state index contributed by atoms with van der Waals surface area (Å²) in [5.74, 6) is 1.41. The first kappa shape index (κ1) is 23.1. The molecule has 0 aliphatic carbocycles. The fourth-order valence-electron chi connectivity index (χ4n) is 4.01. The Labute approximate surface area is 184 Å². The first-order valence-corrected chi connectivity index (χ1v) is 10.6. The van der Waals surface area contributed by atoms with Crippen molar-refractivity contribution >= 4 is 10.9 Å². The average Bonchev–Trinajstić information content (AvgIpc) is 2.99. The van der Waals surface area contributed by atoms with Crippen molar-refractivity contribution < 1.29 is 19.3 Å². The van der Waals surface area contributed by atoms with Crippen LogP contribution < -0.4 is 9.47 Å². The maximum atomic E-state index is 10.8. The number of para-hydroxylation sites is 1. The minimum atomic E-state index is -0.477. The van der Waals surface area contributed by atoms with Gasteiger partial charge in [-0.15, -0.1) is 0 Å². The molecule has 0 bridgehead atoms. The Kier molecular flexibility index (Phi) is 7.96. The number of methoxy groups -OCH3 is 2. The van der Waals surface area contributed by atoms with E-state index in [1.54, 1.807) is 14.2 Å². The van der Waals surface area contributed by atoms with Crippen LogP contribution >= 0.6 is 0 Å². The second kappa shape index (κ2) is 10.7. The van der Waals surface area contributed by atoms with Crippen molar-refractivity contribution in [1.82, 2.24) is 9.47 Å². The van der Waals surface area contributed by atoms with Crippen molar-refractivity contribution in [2.24, 2.45) is 0 Å². The van der Waals surface area contributed by atoms with E-state index in [1.807, 2.05) is 31.3 Å². The van der Waals surface area contributed by atoms with E-state index < -0.39 is 6.10 Å². The molecule has 1 atom stereocenters. The van der Waals surface area contributed by atoms with E-state index in [0.29, 0.717) is 44.3 Å². The van der Waals surface area contributed by atoms with Crippen LogP contribution in [-0.2, 0) is 17.8 Å². The van der Waals surface area contributed by atoms with Crippen LogP contribution in [0.4, 0.5) is 0 Å². The Bertz CT molecular complexity index is 999. The lowest BCUT2D eigenvalue weighted by Gasteiger charge is -2.22. The molecule has 31 heavy (non-hydrogen) atoms. The number of hydrogen-bond acceptors (Lipinski definition) is 5. The molecule has 1 heterocycles. The summed E-state index contributed by atoms with van der Waals surface area (Å²) in [5, 5.41) is 12.1. The molecule has 3 aromatic rings. The smallest absolute Gasteiger partial charge is 0.161 e. The van der Waals surface area contributed by atoms with Gasteiger partial charge in [-0.25, -0.2) is 0 Å².